The molecule has 1 amide bonds. The van der Waals surface area contributed by atoms with Gasteiger partial charge in [0.1, 0.15) is 0 Å². The summed E-state index contributed by atoms with van der Waals surface area (Å²) in [5.74, 6) is 1.99. The highest BCUT2D eigenvalue weighted by Gasteiger charge is 2.30. The summed E-state index contributed by atoms with van der Waals surface area (Å²) in [4.78, 5) is 13.3. The number of carbonyl (C=O) groups is 1. The SMILES string of the molecule is C=CC(=O)N1CCC(C2CCC2)CC1. The van der Waals surface area contributed by atoms with Crippen LogP contribution in [0, 0.1) is 11.8 Å². The van der Waals surface area contributed by atoms with Gasteiger partial charge < -0.3 is 4.90 Å². The molecule has 0 aromatic carbocycles. The van der Waals surface area contributed by atoms with Gasteiger partial charge in [0.15, 0.2) is 0 Å². The highest BCUT2D eigenvalue weighted by molar-refractivity contribution is 5.87. The predicted octanol–water partition coefficient (Wildman–Crippen LogP) is 2.21. The Labute approximate surface area is 86.0 Å². The Hall–Kier alpha value is -0.790. The number of amides is 1. The summed E-state index contributed by atoms with van der Waals surface area (Å²) in [6.45, 7) is 5.43. The molecule has 2 fully saturated rings. The first kappa shape index (κ1) is 9.75. The minimum atomic E-state index is 0.108. The number of rotatable bonds is 2. The van der Waals surface area contributed by atoms with Crippen molar-refractivity contribution < 1.29 is 4.79 Å². The molecule has 0 atom stereocenters. The van der Waals surface area contributed by atoms with Crippen molar-refractivity contribution in [2.24, 2.45) is 11.8 Å². The third kappa shape index (κ3) is 1.84. The van der Waals surface area contributed by atoms with E-state index in [1.807, 2.05) is 4.90 Å². The predicted molar refractivity (Wildman–Crippen MR) is 56.8 cm³/mol. The fourth-order valence-electron chi connectivity index (χ4n) is 2.63. The second kappa shape index (κ2) is 4.16. The lowest BCUT2D eigenvalue weighted by Crippen LogP contribution is -2.40. The maximum atomic E-state index is 11.3. The van der Waals surface area contributed by atoms with Crippen LogP contribution in [0.2, 0.25) is 0 Å². The maximum absolute atomic E-state index is 11.3. The van der Waals surface area contributed by atoms with Gasteiger partial charge in [-0.25, -0.2) is 0 Å². The largest absolute Gasteiger partial charge is 0.339 e. The van der Waals surface area contributed by atoms with Gasteiger partial charge in [-0.05, 0) is 30.8 Å². The normalized spacial score (nSPS) is 24.4. The van der Waals surface area contributed by atoms with Gasteiger partial charge in [0.05, 0.1) is 0 Å². The lowest BCUT2D eigenvalue weighted by atomic mass is 9.72. The average Bonchev–Trinajstić information content (AvgIpc) is 2.15. The van der Waals surface area contributed by atoms with Gasteiger partial charge in [-0.2, -0.15) is 0 Å². The molecule has 0 spiro atoms. The second-order valence-corrected chi connectivity index (χ2v) is 4.56. The number of nitrogens with zero attached hydrogens (tertiary/aromatic N) is 1. The van der Waals surface area contributed by atoms with E-state index in [0.717, 1.165) is 24.9 Å². The highest BCUT2D eigenvalue weighted by atomic mass is 16.2. The van der Waals surface area contributed by atoms with Crippen molar-refractivity contribution in [3.8, 4) is 0 Å². The molecule has 0 bridgehead atoms. The summed E-state index contributed by atoms with van der Waals surface area (Å²) >= 11 is 0. The number of carbonyl (C=O) groups excluding carboxylic acids is 1. The highest BCUT2D eigenvalue weighted by Crippen LogP contribution is 2.38. The van der Waals surface area contributed by atoms with E-state index in [4.69, 9.17) is 0 Å². The lowest BCUT2D eigenvalue weighted by Gasteiger charge is -2.39. The van der Waals surface area contributed by atoms with Crippen LogP contribution in [-0.2, 0) is 4.79 Å². The van der Waals surface area contributed by atoms with Crippen molar-refractivity contribution in [3.63, 3.8) is 0 Å². The molecule has 1 heterocycles. The average molecular weight is 193 g/mol. The van der Waals surface area contributed by atoms with E-state index in [-0.39, 0.29) is 5.91 Å². The molecular weight excluding hydrogens is 174 g/mol. The van der Waals surface area contributed by atoms with E-state index < -0.39 is 0 Å². The molecule has 0 unspecified atom stereocenters. The Morgan fingerprint density at radius 3 is 2.14 bits per heavy atom. The number of likely N-dealkylation sites (tertiary alicyclic amines) is 1. The minimum Gasteiger partial charge on any atom is -0.339 e. The topological polar surface area (TPSA) is 20.3 Å². The standard InChI is InChI=1S/C12H19NO/c1-2-12(14)13-8-6-11(7-9-13)10-4-3-5-10/h2,10-11H,1,3-9H2. The first-order valence-corrected chi connectivity index (χ1v) is 5.72. The summed E-state index contributed by atoms with van der Waals surface area (Å²) < 4.78 is 0. The first-order valence-electron chi connectivity index (χ1n) is 5.72. The van der Waals surface area contributed by atoms with Crippen LogP contribution in [0.1, 0.15) is 32.1 Å². The van der Waals surface area contributed by atoms with E-state index >= 15 is 0 Å². The molecule has 0 aromatic rings. The van der Waals surface area contributed by atoms with Gasteiger partial charge >= 0.3 is 0 Å². The second-order valence-electron chi connectivity index (χ2n) is 4.56. The summed E-state index contributed by atoms with van der Waals surface area (Å²) in [5.41, 5.74) is 0. The quantitative estimate of drug-likeness (QED) is 0.616. The molecule has 0 aromatic heterocycles. The van der Waals surface area contributed by atoms with Crippen molar-refractivity contribution in [2.45, 2.75) is 32.1 Å². The monoisotopic (exact) mass is 193 g/mol. The fourth-order valence-corrected chi connectivity index (χ4v) is 2.63. The van der Waals surface area contributed by atoms with Crippen LogP contribution in [0.3, 0.4) is 0 Å². The van der Waals surface area contributed by atoms with E-state index in [0.29, 0.717) is 0 Å². The lowest BCUT2D eigenvalue weighted by molar-refractivity contribution is -0.127. The van der Waals surface area contributed by atoms with Crippen LogP contribution in [0.5, 0.6) is 0 Å². The summed E-state index contributed by atoms with van der Waals surface area (Å²) in [5, 5.41) is 0. The van der Waals surface area contributed by atoms with Crippen molar-refractivity contribution in [2.75, 3.05) is 13.1 Å². The molecule has 1 saturated carbocycles. The zero-order valence-corrected chi connectivity index (χ0v) is 8.74. The number of hydrogen-bond donors (Lipinski definition) is 0. The molecule has 78 valence electrons. The van der Waals surface area contributed by atoms with Crippen LogP contribution in [0.4, 0.5) is 0 Å². The van der Waals surface area contributed by atoms with Crippen molar-refractivity contribution in [3.05, 3.63) is 12.7 Å². The van der Waals surface area contributed by atoms with Crippen LogP contribution < -0.4 is 0 Å². The summed E-state index contributed by atoms with van der Waals surface area (Å²) in [6, 6.07) is 0. The maximum Gasteiger partial charge on any atom is 0.245 e. The van der Waals surface area contributed by atoms with E-state index in [1.165, 1.54) is 38.2 Å². The molecule has 1 aliphatic heterocycles. The molecule has 2 nitrogen and oxygen atoms in total. The minimum absolute atomic E-state index is 0.108. The van der Waals surface area contributed by atoms with Gasteiger partial charge in [-0.3, -0.25) is 4.79 Å². The number of hydrogen-bond acceptors (Lipinski definition) is 1. The first-order chi connectivity index (χ1) is 6.81. The molecule has 14 heavy (non-hydrogen) atoms. The fraction of sp³-hybridized carbons (Fsp3) is 0.750. The summed E-state index contributed by atoms with van der Waals surface area (Å²) in [6.07, 6.45) is 8.15. The van der Waals surface area contributed by atoms with Gasteiger partial charge in [0.2, 0.25) is 5.91 Å². The van der Waals surface area contributed by atoms with E-state index in [1.54, 1.807) is 0 Å². The Morgan fingerprint density at radius 1 is 1.14 bits per heavy atom. The van der Waals surface area contributed by atoms with Crippen LogP contribution >= 0.6 is 0 Å². The van der Waals surface area contributed by atoms with Crippen molar-refractivity contribution >= 4 is 5.91 Å². The zero-order valence-electron chi connectivity index (χ0n) is 8.74. The Balaban J connectivity index is 1.79. The van der Waals surface area contributed by atoms with E-state index in [9.17, 15) is 4.79 Å². The molecule has 2 heteroatoms. The van der Waals surface area contributed by atoms with Crippen LogP contribution in [0.25, 0.3) is 0 Å². The van der Waals surface area contributed by atoms with Gasteiger partial charge in [-0.1, -0.05) is 25.8 Å². The molecule has 2 aliphatic rings. The van der Waals surface area contributed by atoms with Crippen molar-refractivity contribution in [1.29, 1.82) is 0 Å². The molecule has 2 rings (SSSR count). The third-order valence-electron chi connectivity index (χ3n) is 3.84. The van der Waals surface area contributed by atoms with Gasteiger partial charge in [-0.15, -0.1) is 0 Å². The Morgan fingerprint density at radius 2 is 1.71 bits per heavy atom. The van der Waals surface area contributed by atoms with Crippen LogP contribution in [0.15, 0.2) is 12.7 Å². The number of piperidine rings is 1. The molecule has 1 aliphatic carbocycles. The van der Waals surface area contributed by atoms with Gasteiger partial charge in [0, 0.05) is 13.1 Å². The van der Waals surface area contributed by atoms with Gasteiger partial charge in [0.25, 0.3) is 0 Å². The Bertz CT molecular complexity index is 224. The van der Waals surface area contributed by atoms with E-state index in [2.05, 4.69) is 6.58 Å². The molecule has 1 saturated heterocycles. The van der Waals surface area contributed by atoms with Crippen molar-refractivity contribution in [1.82, 2.24) is 4.90 Å². The zero-order chi connectivity index (χ0) is 9.97. The summed E-state index contributed by atoms with van der Waals surface area (Å²) in [7, 11) is 0. The third-order valence-corrected chi connectivity index (χ3v) is 3.84. The smallest absolute Gasteiger partial charge is 0.245 e. The molecule has 0 N–H and O–H groups in total. The Kier molecular flexibility index (Phi) is 2.90. The molecular formula is C12H19NO. The molecule has 0 radical (unpaired) electrons. The van der Waals surface area contributed by atoms with Crippen LogP contribution in [-0.4, -0.2) is 23.9 Å².